The van der Waals surface area contributed by atoms with E-state index in [-0.39, 0.29) is 29.4 Å². The van der Waals surface area contributed by atoms with Crippen molar-refractivity contribution in [1.29, 1.82) is 0 Å². The average Bonchev–Trinajstić information content (AvgIpc) is 2.94. The second kappa shape index (κ2) is 12.5. The van der Waals surface area contributed by atoms with Crippen molar-refractivity contribution in [3.05, 3.63) is 95.6 Å². The molecule has 0 aliphatic heterocycles. The van der Waals surface area contributed by atoms with Crippen molar-refractivity contribution in [3.8, 4) is 22.6 Å². The minimum absolute atomic E-state index is 0.122. The number of benzene rings is 3. The van der Waals surface area contributed by atoms with Gasteiger partial charge in [-0.25, -0.2) is 8.78 Å². The van der Waals surface area contributed by atoms with Gasteiger partial charge in [-0.2, -0.15) is 8.78 Å². The number of rotatable bonds is 9. The van der Waals surface area contributed by atoms with Crippen molar-refractivity contribution in [2.24, 2.45) is 5.92 Å². The highest BCUT2D eigenvalue weighted by Crippen LogP contribution is 2.40. The Morgan fingerprint density at radius 2 is 1.56 bits per heavy atom. The normalized spacial score (nSPS) is 17.9. The van der Waals surface area contributed by atoms with E-state index in [9.17, 15) is 18.7 Å². The molecule has 0 saturated heterocycles. The van der Waals surface area contributed by atoms with E-state index >= 15 is 8.78 Å². The second-order valence-electron chi connectivity index (χ2n) is 9.71. The first kappa shape index (κ1) is 28.4. The molecule has 0 amide bonds. The smallest absolute Gasteiger partial charge is 0.314 e. The van der Waals surface area contributed by atoms with Crippen LogP contribution in [-0.4, -0.2) is 17.7 Å². The summed E-state index contributed by atoms with van der Waals surface area (Å²) < 4.78 is 69.1. The zero-order chi connectivity index (χ0) is 28.1. The maximum absolute atomic E-state index is 15.1. The Balaban J connectivity index is 1.39. The van der Waals surface area contributed by atoms with Crippen molar-refractivity contribution in [1.82, 2.24) is 0 Å². The van der Waals surface area contributed by atoms with E-state index in [2.05, 4.69) is 6.58 Å². The summed E-state index contributed by atoms with van der Waals surface area (Å²) in [5.41, 5.74) is 1.53. The molecule has 0 bridgehead atoms. The standard InChI is InChI=1S/C31H30F4O4/c1-3-4-17-38-25-15-16-26(30(35)29(25)34)39-31(37)22-11-9-21(10-12-22)24-14-13-23(27(32)28(24)33)20-7-5-19(6-8-20)18(2)36/h3,5-8,13-16,18,21-22,36H,1,4,9-12,17H2,2H3. The highest BCUT2D eigenvalue weighted by Gasteiger charge is 2.31. The Morgan fingerprint density at radius 3 is 2.21 bits per heavy atom. The van der Waals surface area contributed by atoms with Crippen LogP contribution in [0.25, 0.3) is 11.1 Å². The molecule has 1 aliphatic rings. The van der Waals surface area contributed by atoms with Crippen molar-refractivity contribution < 1.29 is 36.9 Å². The summed E-state index contributed by atoms with van der Waals surface area (Å²) in [7, 11) is 0. The predicted octanol–water partition coefficient (Wildman–Crippen LogP) is 7.80. The molecule has 1 unspecified atom stereocenters. The number of carbonyl (C=O) groups is 1. The lowest BCUT2D eigenvalue weighted by atomic mass is 9.78. The van der Waals surface area contributed by atoms with Crippen LogP contribution in [-0.2, 0) is 4.79 Å². The SMILES string of the molecule is C=CCCOc1ccc(OC(=O)C2CCC(c3ccc(-c4ccc(C(C)O)cc4)c(F)c3F)CC2)c(F)c1F. The van der Waals surface area contributed by atoms with Crippen LogP contribution in [0.3, 0.4) is 0 Å². The summed E-state index contributed by atoms with van der Waals surface area (Å²) in [6.07, 6.45) is 2.86. The van der Waals surface area contributed by atoms with E-state index in [0.29, 0.717) is 43.2 Å². The average molecular weight is 543 g/mol. The van der Waals surface area contributed by atoms with Crippen molar-refractivity contribution >= 4 is 5.97 Å². The number of carbonyl (C=O) groups excluding carboxylic acids is 1. The third-order valence-corrected chi connectivity index (χ3v) is 7.12. The Kier molecular flexibility index (Phi) is 9.07. The van der Waals surface area contributed by atoms with Crippen LogP contribution in [0, 0.1) is 29.2 Å². The number of hydrogen-bond acceptors (Lipinski definition) is 4. The lowest BCUT2D eigenvalue weighted by Crippen LogP contribution is -2.26. The number of esters is 1. The van der Waals surface area contributed by atoms with Gasteiger partial charge in [0.1, 0.15) is 0 Å². The number of aliphatic hydroxyl groups excluding tert-OH is 1. The quantitative estimate of drug-likeness (QED) is 0.0986. The minimum Gasteiger partial charge on any atom is -0.490 e. The first-order valence-electron chi connectivity index (χ1n) is 12.9. The minimum atomic E-state index is -1.31. The molecule has 4 nitrogen and oxygen atoms in total. The Bertz CT molecular complexity index is 1330. The largest absolute Gasteiger partial charge is 0.490 e. The van der Waals surface area contributed by atoms with Crippen molar-refractivity contribution in [3.63, 3.8) is 0 Å². The van der Waals surface area contributed by atoms with Gasteiger partial charge in [0.05, 0.1) is 18.6 Å². The highest BCUT2D eigenvalue weighted by molar-refractivity contribution is 5.75. The Morgan fingerprint density at radius 1 is 0.923 bits per heavy atom. The molecule has 0 heterocycles. The van der Waals surface area contributed by atoms with Crippen LogP contribution in [0.2, 0.25) is 0 Å². The molecule has 206 valence electrons. The Labute approximate surface area is 224 Å². The van der Waals surface area contributed by atoms with Gasteiger partial charge in [0, 0.05) is 5.56 Å². The van der Waals surface area contributed by atoms with Crippen molar-refractivity contribution in [2.75, 3.05) is 6.61 Å². The lowest BCUT2D eigenvalue weighted by molar-refractivity contribution is -0.140. The third kappa shape index (κ3) is 6.33. The van der Waals surface area contributed by atoms with Crippen molar-refractivity contribution in [2.45, 2.75) is 51.0 Å². The van der Waals surface area contributed by atoms with Gasteiger partial charge in [-0.05, 0) is 73.8 Å². The first-order chi connectivity index (χ1) is 18.7. The zero-order valence-electron chi connectivity index (χ0n) is 21.6. The van der Waals surface area contributed by atoms with Crippen LogP contribution in [0.4, 0.5) is 17.6 Å². The van der Waals surface area contributed by atoms with Gasteiger partial charge in [0.15, 0.2) is 23.1 Å². The van der Waals surface area contributed by atoms with Crippen LogP contribution >= 0.6 is 0 Å². The lowest BCUT2D eigenvalue weighted by Gasteiger charge is -2.28. The van der Waals surface area contributed by atoms with Gasteiger partial charge in [-0.3, -0.25) is 4.79 Å². The topological polar surface area (TPSA) is 55.8 Å². The maximum Gasteiger partial charge on any atom is 0.314 e. The van der Waals surface area contributed by atoms with E-state index < -0.39 is 47.0 Å². The zero-order valence-corrected chi connectivity index (χ0v) is 21.6. The van der Waals surface area contributed by atoms with E-state index in [1.54, 1.807) is 43.3 Å². The molecule has 0 spiro atoms. The number of halogens is 4. The summed E-state index contributed by atoms with van der Waals surface area (Å²) in [5, 5.41) is 9.66. The van der Waals surface area contributed by atoms with Crippen LogP contribution in [0.5, 0.6) is 11.5 Å². The van der Waals surface area contributed by atoms with Gasteiger partial charge >= 0.3 is 5.97 Å². The molecular formula is C31H30F4O4. The first-order valence-corrected chi connectivity index (χ1v) is 12.9. The molecule has 3 aromatic rings. The number of hydrogen-bond donors (Lipinski definition) is 1. The third-order valence-electron chi connectivity index (χ3n) is 7.12. The van der Waals surface area contributed by atoms with Crippen LogP contribution in [0.15, 0.2) is 61.2 Å². The summed E-state index contributed by atoms with van der Waals surface area (Å²) in [4.78, 5) is 12.7. The highest BCUT2D eigenvalue weighted by atomic mass is 19.2. The summed E-state index contributed by atoms with van der Waals surface area (Å²) in [6.45, 7) is 5.28. The predicted molar refractivity (Wildman–Crippen MR) is 139 cm³/mol. The summed E-state index contributed by atoms with van der Waals surface area (Å²) in [5.74, 6) is -6.82. The van der Waals surface area contributed by atoms with Gasteiger partial charge in [0.25, 0.3) is 0 Å². The van der Waals surface area contributed by atoms with E-state index in [1.807, 2.05) is 0 Å². The summed E-state index contributed by atoms with van der Waals surface area (Å²) >= 11 is 0. The molecule has 39 heavy (non-hydrogen) atoms. The van der Waals surface area contributed by atoms with Gasteiger partial charge in [-0.15, -0.1) is 6.58 Å². The molecule has 1 saturated carbocycles. The number of aliphatic hydroxyl groups is 1. The second-order valence-corrected chi connectivity index (χ2v) is 9.71. The number of ether oxygens (including phenoxy) is 2. The molecule has 1 atom stereocenters. The van der Waals surface area contributed by atoms with Gasteiger partial charge in [0.2, 0.25) is 11.6 Å². The molecule has 0 aromatic heterocycles. The summed E-state index contributed by atoms with van der Waals surface area (Å²) in [6, 6.07) is 12.0. The van der Waals surface area contributed by atoms with Gasteiger partial charge < -0.3 is 14.6 Å². The van der Waals surface area contributed by atoms with E-state index in [1.165, 1.54) is 12.1 Å². The molecule has 4 rings (SSSR count). The molecule has 3 aromatic carbocycles. The molecule has 0 radical (unpaired) electrons. The molecule has 1 aliphatic carbocycles. The molecule has 1 N–H and O–H groups in total. The van der Waals surface area contributed by atoms with Gasteiger partial charge in [-0.1, -0.05) is 42.5 Å². The van der Waals surface area contributed by atoms with Crippen LogP contribution < -0.4 is 9.47 Å². The monoisotopic (exact) mass is 542 g/mol. The molecule has 8 heteroatoms. The fraction of sp³-hybridized carbons (Fsp3) is 0.323. The molecular weight excluding hydrogens is 512 g/mol. The molecule has 1 fully saturated rings. The maximum atomic E-state index is 15.1. The fourth-order valence-electron chi connectivity index (χ4n) is 4.83. The van der Waals surface area contributed by atoms with E-state index in [0.717, 1.165) is 6.07 Å². The van der Waals surface area contributed by atoms with E-state index in [4.69, 9.17) is 9.47 Å². The van der Waals surface area contributed by atoms with Crippen LogP contribution in [0.1, 0.15) is 62.2 Å². The fourth-order valence-corrected chi connectivity index (χ4v) is 4.83. The Hall–Kier alpha value is -3.65.